The van der Waals surface area contributed by atoms with Crippen LogP contribution >= 0.6 is 22.9 Å². The largest absolute Gasteiger partial charge is 0.358 e. The summed E-state index contributed by atoms with van der Waals surface area (Å²) in [5.41, 5.74) is 0. The Labute approximate surface area is 108 Å². The Balaban J connectivity index is 2.40. The first-order valence-electron chi connectivity index (χ1n) is 5.13. The minimum atomic E-state index is -0.0533. The van der Waals surface area contributed by atoms with Gasteiger partial charge in [0.1, 0.15) is 10.6 Å². The molecule has 88 valence electrons. The number of nitriles is 1. The summed E-state index contributed by atoms with van der Waals surface area (Å²) in [5.74, 6) is 0.728. The summed E-state index contributed by atoms with van der Waals surface area (Å²) in [5, 5.41) is 12.0. The normalized spacial score (nSPS) is 12.4. The van der Waals surface area contributed by atoms with Crippen LogP contribution in [0.3, 0.4) is 0 Å². The lowest BCUT2D eigenvalue weighted by molar-refractivity contribution is 0.711. The number of rotatable bonds is 3. The topological polar surface area (TPSA) is 52.8 Å². The van der Waals surface area contributed by atoms with Crippen molar-refractivity contribution in [2.45, 2.75) is 6.92 Å². The van der Waals surface area contributed by atoms with Gasteiger partial charge in [-0.2, -0.15) is 10.2 Å². The van der Waals surface area contributed by atoms with E-state index in [9.17, 15) is 0 Å². The minimum absolute atomic E-state index is 0.0533. The zero-order valence-corrected chi connectivity index (χ0v) is 11.1. The zero-order chi connectivity index (χ0) is 12.4. The van der Waals surface area contributed by atoms with Gasteiger partial charge in [-0.3, -0.25) is 0 Å². The van der Waals surface area contributed by atoms with Crippen molar-refractivity contribution in [3.63, 3.8) is 0 Å². The lowest BCUT2D eigenvalue weighted by atomic mass is 10.2. The summed E-state index contributed by atoms with van der Waals surface area (Å²) in [6.45, 7) is 2.50. The van der Waals surface area contributed by atoms with Gasteiger partial charge in [0.25, 0.3) is 0 Å². The first-order valence-corrected chi connectivity index (χ1v) is 6.39. The van der Waals surface area contributed by atoms with E-state index in [1.54, 1.807) is 0 Å². The first-order chi connectivity index (χ1) is 8.11. The minimum Gasteiger partial charge on any atom is -0.358 e. The van der Waals surface area contributed by atoms with Gasteiger partial charge < -0.3 is 4.90 Å². The number of thiophene rings is 1. The molecule has 0 fully saturated rings. The van der Waals surface area contributed by atoms with Crippen LogP contribution < -0.4 is 4.90 Å². The van der Waals surface area contributed by atoms with E-state index in [4.69, 9.17) is 16.9 Å². The van der Waals surface area contributed by atoms with Crippen LogP contribution in [0.1, 0.15) is 6.92 Å². The molecule has 4 nitrogen and oxygen atoms in total. The molecule has 0 aliphatic rings. The Morgan fingerprint density at radius 1 is 1.59 bits per heavy atom. The number of hydrogen-bond acceptors (Lipinski definition) is 5. The van der Waals surface area contributed by atoms with Crippen LogP contribution in [0, 0.1) is 17.2 Å². The number of anilines is 1. The molecule has 0 aliphatic carbocycles. The number of nitrogens with zero attached hydrogens (tertiary/aromatic N) is 4. The average Bonchev–Trinajstić information content (AvgIpc) is 2.75. The number of aromatic nitrogens is 2. The van der Waals surface area contributed by atoms with Gasteiger partial charge in [0.15, 0.2) is 0 Å². The zero-order valence-electron chi connectivity index (χ0n) is 9.51. The maximum Gasteiger partial charge on any atom is 0.225 e. The Bertz CT molecular complexity index is 574. The van der Waals surface area contributed by atoms with Crippen LogP contribution in [0.4, 0.5) is 5.82 Å². The highest BCUT2D eigenvalue weighted by Crippen LogP contribution is 2.28. The maximum absolute atomic E-state index is 8.83. The van der Waals surface area contributed by atoms with Crippen LogP contribution in [-0.4, -0.2) is 23.6 Å². The summed E-state index contributed by atoms with van der Waals surface area (Å²) >= 11 is 7.42. The molecule has 0 saturated heterocycles. The van der Waals surface area contributed by atoms with Crippen LogP contribution in [0.2, 0.25) is 5.28 Å². The van der Waals surface area contributed by atoms with E-state index in [2.05, 4.69) is 16.0 Å². The van der Waals surface area contributed by atoms with Gasteiger partial charge in [-0.25, -0.2) is 4.98 Å². The third-order valence-corrected chi connectivity index (χ3v) is 3.38. The Kier molecular flexibility index (Phi) is 3.46. The van der Waals surface area contributed by atoms with Gasteiger partial charge in [-0.05, 0) is 30.0 Å². The summed E-state index contributed by atoms with van der Waals surface area (Å²) in [6, 6.07) is 4.18. The molecule has 0 aliphatic heterocycles. The van der Waals surface area contributed by atoms with Crippen molar-refractivity contribution < 1.29 is 0 Å². The summed E-state index contributed by atoms with van der Waals surface area (Å²) in [4.78, 5) is 11.2. The molecule has 1 atom stereocenters. The van der Waals surface area contributed by atoms with Gasteiger partial charge >= 0.3 is 0 Å². The van der Waals surface area contributed by atoms with Crippen LogP contribution in [0.5, 0.6) is 0 Å². The van der Waals surface area contributed by atoms with Gasteiger partial charge in [-0.1, -0.05) is 0 Å². The molecule has 0 radical (unpaired) electrons. The van der Waals surface area contributed by atoms with E-state index < -0.39 is 0 Å². The monoisotopic (exact) mass is 266 g/mol. The van der Waals surface area contributed by atoms with Gasteiger partial charge in [0.05, 0.1) is 17.4 Å². The van der Waals surface area contributed by atoms with Gasteiger partial charge in [0, 0.05) is 13.6 Å². The highest BCUT2D eigenvalue weighted by molar-refractivity contribution is 7.16. The summed E-state index contributed by atoms with van der Waals surface area (Å²) in [7, 11) is 1.91. The highest BCUT2D eigenvalue weighted by atomic mass is 35.5. The third-order valence-electron chi connectivity index (χ3n) is 2.41. The quantitative estimate of drug-likeness (QED) is 0.802. The van der Waals surface area contributed by atoms with Crippen molar-refractivity contribution in [1.29, 1.82) is 5.26 Å². The van der Waals surface area contributed by atoms with Crippen molar-refractivity contribution in [2.75, 3.05) is 18.5 Å². The van der Waals surface area contributed by atoms with Crippen molar-refractivity contribution in [2.24, 2.45) is 5.92 Å². The molecule has 2 rings (SSSR count). The standard InChI is InChI=1S/C11H11ClN4S/c1-7(5-13)6-16(2)9-8-3-4-17-10(8)15-11(12)14-9/h3-4,7H,6H2,1-2H3. The molecular weight excluding hydrogens is 256 g/mol. The van der Waals surface area contributed by atoms with Crippen molar-refractivity contribution in [3.8, 4) is 6.07 Å². The molecule has 0 bridgehead atoms. The second-order valence-electron chi connectivity index (χ2n) is 3.87. The van der Waals surface area contributed by atoms with E-state index in [0.29, 0.717) is 6.54 Å². The van der Waals surface area contributed by atoms with Crippen molar-refractivity contribution in [1.82, 2.24) is 9.97 Å². The summed E-state index contributed by atoms with van der Waals surface area (Å²) in [6.07, 6.45) is 0. The molecule has 1 unspecified atom stereocenters. The lowest BCUT2D eigenvalue weighted by Crippen LogP contribution is -2.24. The second-order valence-corrected chi connectivity index (χ2v) is 5.10. The molecule has 0 aromatic carbocycles. The van der Waals surface area contributed by atoms with E-state index in [1.165, 1.54) is 11.3 Å². The fourth-order valence-corrected chi connectivity index (χ4v) is 2.62. The smallest absolute Gasteiger partial charge is 0.225 e. The summed E-state index contributed by atoms with van der Waals surface area (Å²) < 4.78 is 0. The third kappa shape index (κ3) is 2.48. The van der Waals surface area contributed by atoms with Crippen LogP contribution in [0.25, 0.3) is 10.2 Å². The fourth-order valence-electron chi connectivity index (χ4n) is 1.64. The predicted octanol–water partition coefficient (Wildman–Crippen LogP) is 2.94. The molecule has 2 aromatic rings. The SMILES string of the molecule is CC(C#N)CN(C)c1nc(Cl)nc2sccc12. The molecule has 0 amide bonds. The second kappa shape index (κ2) is 4.86. The Morgan fingerprint density at radius 3 is 3.06 bits per heavy atom. The maximum atomic E-state index is 8.83. The van der Waals surface area contributed by atoms with E-state index >= 15 is 0 Å². The fraction of sp³-hybridized carbons (Fsp3) is 0.364. The molecule has 2 heterocycles. The Morgan fingerprint density at radius 2 is 2.35 bits per heavy atom. The van der Waals surface area contributed by atoms with E-state index in [1.807, 2.05) is 30.3 Å². The first kappa shape index (κ1) is 12.1. The van der Waals surface area contributed by atoms with E-state index in [-0.39, 0.29) is 11.2 Å². The van der Waals surface area contributed by atoms with Crippen molar-refractivity contribution >= 4 is 39.0 Å². The van der Waals surface area contributed by atoms with Crippen molar-refractivity contribution in [3.05, 3.63) is 16.7 Å². The molecular formula is C11H11ClN4S. The molecule has 0 N–H and O–H groups in total. The lowest BCUT2D eigenvalue weighted by Gasteiger charge is -2.19. The number of halogens is 1. The highest BCUT2D eigenvalue weighted by Gasteiger charge is 2.13. The van der Waals surface area contributed by atoms with E-state index in [0.717, 1.165) is 16.0 Å². The number of fused-ring (bicyclic) bond motifs is 1. The molecule has 2 aromatic heterocycles. The molecule has 17 heavy (non-hydrogen) atoms. The Hall–Kier alpha value is -1.38. The average molecular weight is 267 g/mol. The van der Waals surface area contributed by atoms with Crippen LogP contribution in [0.15, 0.2) is 11.4 Å². The molecule has 0 spiro atoms. The molecule has 0 saturated carbocycles. The number of hydrogen-bond donors (Lipinski definition) is 0. The van der Waals surface area contributed by atoms with Gasteiger partial charge in [0.2, 0.25) is 5.28 Å². The van der Waals surface area contributed by atoms with Crippen LogP contribution in [-0.2, 0) is 0 Å². The predicted molar refractivity (Wildman–Crippen MR) is 70.5 cm³/mol. The van der Waals surface area contributed by atoms with Gasteiger partial charge in [-0.15, -0.1) is 11.3 Å². The molecule has 6 heteroatoms.